The standard InChI is InChI=1S/C20H22F3N3O6S3/c1-24-19(28)26(33)35(29,30)17-13-14(4-6-16(17)31-10-11-32-20(21,22)23)8-9-25-18(27)7-5-15-3-2-12-34-15/h2-7,12-13,33H,8-11H2,1H3,(H,24,28)(H,25,27)/b7-5+. The number of sulfonamides is 1. The van der Waals surface area contributed by atoms with Crippen LogP contribution >= 0.6 is 24.2 Å². The fourth-order valence-electron chi connectivity index (χ4n) is 2.57. The molecule has 2 rings (SSSR count). The molecule has 35 heavy (non-hydrogen) atoms. The van der Waals surface area contributed by atoms with Crippen LogP contribution in [0.1, 0.15) is 10.4 Å². The Hall–Kier alpha value is -2.75. The van der Waals surface area contributed by atoms with E-state index in [1.807, 2.05) is 17.5 Å². The third kappa shape index (κ3) is 9.08. The summed E-state index contributed by atoms with van der Waals surface area (Å²) in [4.78, 5) is 24.2. The van der Waals surface area contributed by atoms with Crippen LogP contribution in [0.3, 0.4) is 0 Å². The third-order valence-corrected chi connectivity index (χ3v) is 7.32. The Morgan fingerprint density at radius 3 is 2.60 bits per heavy atom. The Morgan fingerprint density at radius 1 is 1.23 bits per heavy atom. The average molecular weight is 554 g/mol. The first-order chi connectivity index (χ1) is 16.4. The van der Waals surface area contributed by atoms with Crippen molar-refractivity contribution in [3.63, 3.8) is 0 Å². The van der Waals surface area contributed by atoms with Crippen molar-refractivity contribution in [2.45, 2.75) is 17.7 Å². The first-order valence-electron chi connectivity index (χ1n) is 9.86. The zero-order valence-corrected chi connectivity index (χ0v) is 20.8. The normalized spacial score (nSPS) is 11.9. The van der Waals surface area contributed by atoms with E-state index in [4.69, 9.17) is 4.74 Å². The number of amides is 3. The molecule has 3 amide bonds. The van der Waals surface area contributed by atoms with Crippen LogP contribution in [0.25, 0.3) is 6.08 Å². The van der Waals surface area contributed by atoms with Crippen LogP contribution in [0.5, 0.6) is 5.75 Å². The Labute approximate surface area is 209 Å². The molecule has 0 spiro atoms. The molecule has 0 radical (unpaired) electrons. The lowest BCUT2D eigenvalue weighted by Crippen LogP contribution is -2.36. The lowest BCUT2D eigenvalue weighted by Gasteiger charge is -2.19. The van der Waals surface area contributed by atoms with Gasteiger partial charge in [-0.1, -0.05) is 12.1 Å². The molecule has 0 aliphatic rings. The molecule has 9 nitrogen and oxygen atoms in total. The van der Waals surface area contributed by atoms with Gasteiger partial charge in [-0.2, -0.15) is 12.1 Å². The Bertz CT molecular complexity index is 1140. The molecular weight excluding hydrogens is 531 g/mol. The molecule has 0 saturated carbocycles. The first kappa shape index (κ1) is 28.5. The number of nitrogens with zero attached hydrogens (tertiary/aromatic N) is 1. The minimum Gasteiger partial charge on any atom is -0.490 e. The molecule has 0 bridgehead atoms. The summed E-state index contributed by atoms with van der Waals surface area (Å²) in [5, 5.41) is 6.63. The van der Waals surface area contributed by atoms with Crippen LogP contribution in [-0.2, 0) is 26.0 Å². The zero-order valence-electron chi connectivity index (χ0n) is 18.2. The summed E-state index contributed by atoms with van der Waals surface area (Å²) in [7, 11) is -3.35. The predicted octanol–water partition coefficient (Wildman–Crippen LogP) is 3.21. The number of thiol groups is 1. The van der Waals surface area contributed by atoms with E-state index in [1.165, 1.54) is 42.7 Å². The fourth-order valence-corrected chi connectivity index (χ4v) is 4.73. The van der Waals surface area contributed by atoms with E-state index in [2.05, 4.69) is 28.2 Å². The summed E-state index contributed by atoms with van der Waals surface area (Å²) in [6, 6.07) is 6.54. The lowest BCUT2D eigenvalue weighted by atomic mass is 10.1. The molecule has 15 heteroatoms. The molecule has 1 aromatic carbocycles. The molecule has 0 aliphatic carbocycles. The van der Waals surface area contributed by atoms with Gasteiger partial charge in [-0.3, -0.25) is 9.53 Å². The molecule has 2 N–H and O–H groups in total. The molecule has 0 aliphatic heterocycles. The minimum atomic E-state index is -4.87. The third-order valence-electron chi connectivity index (χ3n) is 4.16. The van der Waals surface area contributed by atoms with Gasteiger partial charge in [-0.15, -0.1) is 24.5 Å². The number of urea groups is 1. The van der Waals surface area contributed by atoms with Crippen LogP contribution in [0.15, 0.2) is 46.7 Å². The average Bonchev–Trinajstić information content (AvgIpc) is 3.33. The van der Waals surface area contributed by atoms with Gasteiger partial charge in [0.15, 0.2) is 0 Å². The number of carbonyl (C=O) groups excluding carboxylic acids is 2. The van der Waals surface area contributed by atoms with E-state index < -0.39 is 40.5 Å². The molecule has 1 heterocycles. The van der Waals surface area contributed by atoms with Crippen molar-refractivity contribution >= 4 is 52.2 Å². The summed E-state index contributed by atoms with van der Waals surface area (Å²) >= 11 is 5.18. The maximum atomic E-state index is 12.9. The van der Waals surface area contributed by atoms with Gasteiger partial charge in [-0.25, -0.2) is 4.79 Å². The summed E-state index contributed by atoms with van der Waals surface area (Å²) in [5.41, 5.74) is 0.448. The highest BCUT2D eigenvalue weighted by Gasteiger charge is 2.31. The number of hydrogen-bond acceptors (Lipinski definition) is 8. The van der Waals surface area contributed by atoms with Crippen LogP contribution in [-0.4, -0.2) is 57.2 Å². The fraction of sp³-hybridized carbons (Fsp3) is 0.300. The predicted molar refractivity (Wildman–Crippen MR) is 126 cm³/mol. The SMILES string of the molecule is CNC(=O)N(S)S(=O)(=O)c1cc(CCNC(=O)/C=C/c2cccs2)ccc1OCCOC(F)(F)F. The lowest BCUT2D eigenvalue weighted by molar-refractivity contribution is -0.325. The van der Waals surface area contributed by atoms with Crippen molar-refractivity contribution in [1.29, 1.82) is 0 Å². The van der Waals surface area contributed by atoms with Gasteiger partial charge >= 0.3 is 12.4 Å². The number of thiophene rings is 1. The van der Waals surface area contributed by atoms with Crippen molar-refractivity contribution in [3.05, 3.63) is 52.2 Å². The number of benzene rings is 1. The molecular formula is C20H22F3N3O6S3. The van der Waals surface area contributed by atoms with E-state index >= 15 is 0 Å². The molecule has 2 aromatic rings. The smallest absolute Gasteiger partial charge is 0.490 e. The van der Waals surface area contributed by atoms with E-state index in [-0.39, 0.29) is 28.3 Å². The van der Waals surface area contributed by atoms with Crippen LogP contribution in [0, 0.1) is 0 Å². The molecule has 0 fully saturated rings. The largest absolute Gasteiger partial charge is 0.522 e. The molecule has 0 saturated heterocycles. The summed E-state index contributed by atoms with van der Waals surface area (Å²) < 4.78 is 71.2. The Kier molecular flexibility index (Phi) is 10.4. The van der Waals surface area contributed by atoms with Gasteiger partial charge in [0, 0.05) is 24.5 Å². The maximum Gasteiger partial charge on any atom is 0.522 e. The Balaban J connectivity index is 2.13. The number of halogens is 3. The van der Waals surface area contributed by atoms with E-state index in [0.717, 1.165) is 4.88 Å². The monoisotopic (exact) mass is 553 g/mol. The molecule has 0 unspecified atom stereocenters. The second-order valence-corrected chi connectivity index (χ2v) is 10.0. The van der Waals surface area contributed by atoms with Gasteiger partial charge in [0.2, 0.25) is 5.91 Å². The van der Waals surface area contributed by atoms with Gasteiger partial charge in [0.1, 0.15) is 17.3 Å². The van der Waals surface area contributed by atoms with Crippen molar-refractivity contribution in [3.8, 4) is 5.75 Å². The highest BCUT2D eigenvalue weighted by molar-refractivity contribution is 8.00. The molecule has 0 atom stereocenters. The second-order valence-electron chi connectivity index (χ2n) is 6.62. The van der Waals surface area contributed by atoms with E-state index in [1.54, 1.807) is 6.08 Å². The van der Waals surface area contributed by atoms with Crippen molar-refractivity contribution < 1.29 is 40.7 Å². The van der Waals surface area contributed by atoms with Gasteiger partial charge in [0.25, 0.3) is 10.0 Å². The van der Waals surface area contributed by atoms with Gasteiger partial charge < -0.3 is 15.4 Å². The summed E-state index contributed by atoms with van der Waals surface area (Å²) in [6.45, 7) is -1.33. The minimum absolute atomic E-state index is 0.141. The Morgan fingerprint density at radius 2 is 1.97 bits per heavy atom. The zero-order chi connectivity index (χ0) is 26.1. The van der Waals surface area contributed by atoms with Crippen LogP contribution in [0.4, 0.5) is 18.0 Å². The summed E-state index contributed by atoms with van der Waals surface area (Å²) in [5.74, 6) is -0.651. The summed E-state index contributed by atoms with van der Waals surface area (Å²) in [6.07, 6.45) is -1.64. The number of rotatable bonds is 11. The number of carbonyl (C=O) groups is 2. The van der Waals surface area contributed by atoms with Gasteiger partial charge in [0.05, 0.1) is 6.61 Å². The first-order valence-corrected chi connectivity index (χ1v) is 12.6. The van der Waals surface area contributed by atoms with Crippen molar-refractivity contribution in [2.75, 3.05) is 26.8 Å². The van der Waals surface area contributed by atoms with Crippen molar-refractivity contribution in [2.24, 2.45) is 0 Å². The number of hydrogen-bond donors (Lipinski definition) is 3. The van der Waals surface area contributed by atoms with Gasteiger partial charge in [-0.05, 0) is 54.5 Å². The van der Waals surface area contributed by atoms with Crippen molar-refractivity contribution in [1.82, 2.24) is 14.3 Å². The topological polar surface area (TPSA) is 114 Å². The highest BCUT2D eigenvalue weighted by Crippen LogP contribution is 2.29. The maximum absolute atomic E-state index is 12.9. The number of ether oxygens (including phenoxy) is 2. The van der Waals surface area contributed by atoms with E-state index in [9.17, 15) is 31.2 Å². The molecule has 1 aromatic heterocycles. The van der Waals surface area contributed by atoms with E-state index in [0.29, 0.717) is 5.56 Å². The second kappa shape index (κ2) is 12.8. The quantitative estimate of drug-likeness (QED) is 0.224. The number of alkyl halides is 3. The van der Waals surface area contributed by atoms with Crippen LogP contribution < -0.4 is 15.4 Å². The van der Waals surface area contributed by atoms with Crippen LogP contribution in [0.2, 0.25) is 0 Å². The number of nitrogens with one attached hydrogen (secondary N) is 2. The highest BCUT2D eigenvalue weighted by atomic mass is 32.3. The molecule has 192 valence electrons.